The van der Waals surface area contributed by atoms with Crippen LogP contribution in [0.2, 0.25) is 0 Å². The van der Waals surface area contributed by atoms with Gasteiger partial charge in [0.1, 0.15) is 0 Å². The van der Waals surface area contributed by atoms with Gasteiger partial charge in [-0.1, -0.05) is 45.0 Å². The van der Waals surface area contributed by atoms with Gasteiger partial charge in [-0.3, -0.25) is 9.98 Å². The van der Waals surface area contributed by atoms with Gasteiger partial charge in [-0.05, 0) is 29.2 Å². The highest BCUT2D eigenvalue weighted by Gasteiger charge is 2.24. The topological polar surface area (TPSA) is 58.5 Å². The summed E-state index contributed by atoms with van der Waals surface area (Å²) in [5, 5.41) is 6.70. The van der Waals surface area contributed by atoms with Gasteiger partial charge < -0.3 is 15.4 Å². The summed E-state index contributed by atoms with van der Waals surface area (Å²) in [5.74, 6) is 0.763. The fourth-order valence-electron chi connectivity index (χ4n) is 2.71. The third-order valence-electron chi connectivity index (χ3n) is 4.28. The smallest absolute Gasteiger partial charge is 0.191 e. The molecule has 0 aliphatic rings. The summed E-state index contributed by atoms with van der Waals surface area (Å²) in [6.07, 6.45) is 1.92. The normalized spacial score (nSPS) is 12.9. The molecular weight excluding hydrogens is 451 g/mol. The number of rotatable bonds is 6. The van der Waals surface area contributed by atoms with Crippen molar-refractivity contribution < 1.29 is 4.74 Å². The molecular formula is C21H31IN4O. The summed E-state index contributed by atoms with van der Waals surface area (Å²) in [7, 11) is 3.52. The first kappa shape index (κ1) is 23.4. The summed E-state index contributed by atoms with van der Waals surface area (Å²) in [6.45, 7) is 7.90. The van der Waals surface area contributed by atoms with Gasteiger partial charge in [0, 0.05) is 39.0 Å². The number of methoxy groups -OCH3 is 1. The molecule has 0 fully saturated rings. The van der Waals surface area contributed by atoms with Gasteiger partial charge >= 0.3 is 0 Å². The number of nitrogens with one attached hydrogen (secondary N) is 2. The number of benzene rings is 1. The third kappa shape index (κ3) is 7.46. The lowest BCUT2D eigenvalue weighted by molar-refractivity contribution is 0.0205. The van der Waals surface area contributed by atoms with Gasteiger partial charge in [0.2, 0.25) is 0 Å². The predicted molar refractivity (Wildman–Crippen MR) is 124 cm³/mol. The zero-order chi connectivity index (χ0) is 19.0. The Morgan fingerprint density at radius 2 is 1.93 bits per heavy atom. The van der Waals surface area contributed by atoms with Crippen LogP contribution < -0.4 is 10.6 Å². The molecule has 1 atom stereocenters. The minimum Gasteiger partial charge on any atom is -0.379 e. The van der Waals surface area contributed by atoms with Crippen LogP contribution in [0.4, 0.5) is 0 Å². The molecule has 0 bridgehead atoms. The van der Waals surface area contributed by atoms with E-state index < -0.39 is 0 Å². The Hall–Kier alpha value is -1.67. The van der Waals surface area contributed by atoms with Crippen molar-refractivity contribution in [1.82, 2.24) is 15.6 Å². The van der Waals surface area contributed by atoms with E-state index >= 15 is 0 Å². The second-order valence-electron chi connectivity index (χ2n) is 7.31. The quantitative estimate of drug-likeness (QED) is 0.370. The highest BCUT2D eigenvalue weighted by atomic mass is 127. The van der Waals surface area contributed by atoms with Crippen molar-refractivity contribution in [2.75, 3.05) is 20.7 Å². The van der Waals surface area contributed by atoms with Crippen LogP contribution in [0.1, 0.15) is 26.3 Å². The highest BCUT2D eigenvalue weighted by molar-refractivity contribution is 14.0. The number of hydrogen-bond donors (Lipinski definition) is 2. The predicted octanol–water partition coefficient (Wildman–Crippen LogP) is 4.09. The largest absolute Gasteiger partial charge is 0.379 e. The van der Waals surface area contributed by atoms with Crippen LogP contribution in [0.15, 0.2) is 53.7 Å². The minimum atomic E-state index is 0. The maximum atomic E-state index is 5.58. The maximum Gasteiger partial charge on any atom is 0.191 e. The van der Waals surface area contributed by atoms with E-state index in [-0.39, 0.29) is 35.5 Å². The van der Waals surface area contributed by atoms with Crippen LogP contribution in [0, 0.1) is 5.41 Å². The van der Waals surface area contributed by atoms with Crippen LogP contribution in [-0.4, -0.2) is 37.7 Å². The molecule has 0 saturated heterocycles. The Morgan fingerprint density at radius 1 is 1.15 bits per heavy atom. The number of nitrogens with zero attached hydrogens (tertiary/aromatic N) is 2. The van der Waals surface area contributed by atoms with E-state index in [0.717, 1.165) is 17.2 Å². The molecule has 2 rings (SSSR count). The summed E-state index contributed by atoms with van der Waals surface area (Å²) in [4.78, 5) is 8.71. The summed E-state index contributed by atoms with van der Waals surface area (Å²) < 4.78 is 5.58. The fourth-order valence-corrected chi connectivity index (χ4v) is 2.71. The van der Waals surface area contributed by atoms with Crippen LogP contribution in [0.25, 0.3) is 11.3 Å². The Bertz CT molecular complexity index is 714. The second kappa shape index (κ2) is 11.2. The zero-order valence-electron chi connectivity index (χ0n) is 16.8. The molecule has 148 valence electrons. The number of hydrogen-bond acceptors (Lipinski definition) is 3. The van der Waals surface area contributed by atoms with Crippen molar-refractivity contribution in [3.05, 3.63) is 54.2 Å². The second-order valence-corrected chi connectivity index (χ2v) is 7.31. The van der Waals surface area contributed by atoms with Crippen LogP contribution in [0.3, 0.4) is 0 Å². The SMILES string of the molecule is CN=C(NCc1cccc(-c2ccccn2)c1)NCC(OC)C(C)(C)C.I. The lowest BCUT2D eigenvalue weighted by Crippen LogP contribution is -2.45. The van der Waals surface area contributed by atoms with Crippen molar-refractivity contribution in [2.24, 2.45) is 10.4 Å². The first-order chi connectivity index (χ1) is 12.4. The molecule has 0 spiro atoms. The summed E-state index contributed by atoms with van der Waals surface area (Å²) in [5.41, 5.74) is 3.33. The molecule has 0 saturated carbocycles. The van der Waals surface area contributed by atoms with Gasteiger partial charge in [-0.15, -0.1) is 24.0 Å². The first-order valence-electron chi connectivity index (χ1n) is 8.91. The molecule has 2 N–H and O–H groups in total. The van der Waals surface area contributed by atoms with Gasteiger partial charge in [0.15, 0.2) is 5.96 Å². The average molecular weight is 482 g/mol. The van der Waals surface area contributed by atoms with Gasteiger partial charge in [-0.2, -0.15) is 0 Å². The van der Waals surface area contributed by atoms with Crippen molar-refractivity contribution in [3.63, 3.8) is 0 Å². The number of aromatic nitrogens is 1. The molecule has 0 radical (unpaired) electrons. The van der Waals surface area contributed by atoms with Crippen LogP contribution >= 0.6 is 24.0 Å². The molecule has 27 heavy (non-hydrogen) atoms. The lowest BCUT2D eigenvalue weighted by atomic mass is 9.89. The van der Waals surface area contributed by atoms with Gasteiger partial charge in [-0.25, -0.2) is 0 Å². The van der Waals surface area contributed by atoms with E-state index in [4.69, 9.17) is 4.74 Å². The molecule has 0 aliphatic heterocycles. The molecule has 5 nitrogen and oxygen atoms in total. The molecule has 6 heteroatoms. The fraction of sp³-hybridized carbons (Fsp3) is 0.429. The third-order valence-corrected chi connectivity index (χ3v) is 4.28. The number of guanidine groups is 1. The van der Waals surface area contributed by atoms with E-state index in [2.05, 4.69) is 65.6 Å². The lowest BCUT2D eigenvalue weighted by Gasteiger charge is -2.30. The van der Waals surface area contributed by atoms with E-state index in [1.807, 2.05) is 24.4 Å². The van der Waals surface area contributed by atoms with E-state index in [9.17, 15) is 0 Å². The molecule has 1 aromatic carbocycles. The standard InChI is InChI=1S/C21H30N4O.HI/c1-21(2,3)19(26-5)15-25-20(22-4)24-14-16-9-8-10-17(13-16)18-11-6-7-12-23-18;/h6-13,19H,14-15H2,1-5H3,(H2,22,24,25);1H. The van der Waals surface area contributed by atoms with E-state index in [0.29, 0.717) is 13.1 Å². The Kier molecular flexibility index (Phi) is 9.73. The molecule has 0 amide bonds. The van der Waals surface area contributed by atoms with Crippen LogP contribution in [0.5, 0.6) is 0 Å². The van der Waals surface area contributed by atoms with Crippen LogP contribution in [-0.2, 0) is 11.3 Å². The number of pyridine rings is 1. The van der Waals surface area contributed by atoms with Gasteiger partial charge in [0.25, 0.3) is 0 Å². The highest BCUT2D eigenvalue weighted by Crippen LogP contribution is 2.21. The molecule has 1 heterocycles. The van der Waals surface area contributed by atoms with E-state index in [1.165, 1.54) is 5.56 Å². The van der Waals surface area contributed by atoms with Crippen molar-refractivity contribution >= 4 is 29.9 Å². The molecule has 2 aromatic rings. The van der Waals surface area contributed by atoms with Crippen molar-refractivity contribution in [2.45, 2.75) is 33.4 Å². The average Bonchev–Trinajstić information content (AvgIpc) is 2.64. The number of ether oxygens (including phenoxy) is 1. The maximum absolute atomic E-state index is 5.58. The summed E-state index contributed by atoms with van der Waals surface area (Å²) in [6, 6.07) is 14.3. The van der Waals surface area contributed by atoms with E-state index in [1.54, 1.807) is 14.2 Å². The molecule has 0 aliphatic carbocycles. The Labute approximate surface area is 180 Å². The minimum absolute atomic E-state index is 0. The van der Waals surface area contributed by atoms with Crippen molar-refractivity contribution in [3.8, 4) is 11.3 Å². The Balaban J connectivity index is 0.00000364. The number of halogens is 1. The molecule has 1 aromatic heterocycles. The monoisotopic (exact) mass is 482 g/mol. The summed E-state index contributed by atoms with van der Waals surface area (Å²) >= 11 is 0. The van der Waals surface area contributed by atoms with Crippen molar-refractivity contribution in [1.29, 1.82) is 0 Å². The Morgan fingerprint density at radius 3 is 2.52 bits per heavy atom. The first-order valence-corrected chi connectivity index (χ1v) is 8.91. The van der Waals surface area contributed by atoms with Gasteiger partial charge in [0.05, 0.1) is 11.8 Å². The zero-order valence-corrected chi connectivity index (χ0v) is 19.2. The molecule has 1 unspecified atom stereocenters. The number of aliphatic imine (C=N–C) groups is 1.